The Labute approximate surface area is 201 Å². The average Bonchev–Trinajstić information content (AvgIpc) is 2.86. The highest BCUT2D eigenvalue weighted by Gasteiger charge is 2.41. The molecule has 1 heterocycles. The number of carbonyl (C=O) groups is 1. The lowest BCUT2D eigenvalue weighted by Crippen LogP contribution is -2.42. The predicted octanol–water partition coefficient (Wildman–Crippen LogP) is 5.69. The number of rotatable bonds is 8. The summed E-state index contributed by atoms with van der Waals surface area (Å²) in [6.07, 6.45) is 8.36. The van der Waals surface area contributed by atoms with Gasteiger partial charge in [0.2, 0.25) is 5.91 Å². The number of likely N-dealkylation sites (tertiary alicyclic amines) is 1. The third kappa shape index (κ3) is 5.58. The minimum Gasteiger partial charge on any atom is -0.492 e. The number of anilines is 1. The van der Waals surface area contributed by atoms with Gasteiger partial charge in [0.1, 0.15) is 12.4 Å². The van der Waals surface area contributed by atoms with Crippen LogP contribution in [0.25, 0.3) is 0 Å². The van der Waals surface area contributed by atoms with Crippen LogP contribution in [-0.2, 0) is 10.2 Å². The lowest BCUT2D eigenvalue weighted by atomic mass is 9.68. The van der Waals surface area contributed by atoms with Gasteiger partial charge >= 0.3 is 0 Å². The van der Waals surface area contributed by atoms with Crippen LogP contribution in [0.5, 0.6) is 5.75 Å². The average molecular weight is 466 g/mol. The van der Waals surface area contributed by atoms with Crippen LogP contribution < -0.4 is 10.1 Å². The van der Waals surface area contributed by atoms with E-state index in [0.717, 1.165) is 62.2 Å². The molecule has 4 rings (SSSR count). The van der Waals surface area contributed by atoms with Gasteiger partial charge in [0, 0.05) is 30.4 Å². The van der Waals surface area contributed by atoms with Crippen LogP contribution in [0, 0.1) is 10.1 Å². The molecule has 1 amide bonds. The fourth-order valence-electron chi connectivity index (χ4n) is 5.36. The largest absolute Gasteiger partial charge is 0.492 e. The highest BCUT2D eigenvalue weighted by Crippen LogP contribution is 2.41. The Morgan fingerprint density at radius 1 is 1.06 bits per heavy atom. The van der Waals surface area contributed by atoms with E-state index in [4.69, 9.17) is 4.74 Å². The lowest BCUT2D eigenvalue weighted by Gasteiger charge is -2.36. The summed E-state index contributed by atoms with van der Waals surface area (Å²) in [5, 5.41) is 14.1. The van der Waals surface area contributed by atoms with Crippen molar-refractivity contribution in [3.05, 3.63) is 64.2 Å². The van der Waals surface area contributed by atoms with E-state index in [9.17, 15) is 14.9 Å². The summed E-state index contributed by atoms with van der Waals surface area (Å²) in [5.41, 5.74) is 0.963. The number of benzene rings is 2. The summed E-state index contributed by atoms with van der Waals surface area (Å²) < 4.78 is 5.94. The Kier molecular flexibility index (Phi) is 7.83. The number of nitrogens with zero attached hydrogens (tertiary/aromatic N) is 2. The molecule has 2 fully saturated rings. The quantitative estimate of drug-likeness (QED) is 0.400. The highest BCUT2D eigenvalue weighted by atomic mass is 16.6. The minimum atomic E-state index is -0.659. The van der Waals surface area contributed by atoms with E-state index in [2.05, 4.69) is 17.1 Å². The molecule has 34 heavy (non-hydrogen) atoms. The van der Waals surface area contributed by atoms with E-state index in [-0.39, 0.29) is 11.6 Å². The van der Waals surface area contributed by atoms with Crippen LogP contribution in [0.2, 0.25) is 0 Å². The van der Waals surface area contributed by atoms with E-state index >= 15 is 0 Å². The van der Waals surface area contributed by atoms with Crippen molar-refractivity contribution in [2.75, 3.05) is 25.0 Å². The van der Waals surface area contributed by atoms with Gasteiger partial charge in [0.25, 0.3) is 5.69 Å². The molecule has 1 N–H and O–H groups in total. The Bertz CT molecular complexity index is 968. The zero-order chi connectivity index (χ0) is 24.0. The molecule has 0 unspecified atom stereocenters. The molecular formula is C27H35N3O4. The molecule has 2 aliphatic rings. The Balaban J connectivity index is 1.38. The van der Waals surface area contributed by atoms with Crippen molar-refractivity contribution in [3.63, 3.8) is 0 Å². The molecule has 7 heteroatoms. The van der Waals surface area contributed by atoms with Gasteiger partial charge in [0.05, 0.1) is 10.3 Å². The summed E-state index contributed by atoms with van der Waals surface area (Å²) in [6.45, 7) is 5.01. The zero-order valence-electron chi connectivity index (χ0n) is 20.0. The first-order valence-electron chi connectivity index (χ1n) is 12.5. The van der Waals surface area contributed by atoms with E-state index < -0.39 is 10.3 Å². The number of ether oxygens (including phenoxy) is 1. The number of non-ortho nitro benzene ring substituents is 1. The van der Waals surface area contributed by atoms with Gasteiger partial charge in [-0.05, 0) is 69.0 Å². The van der Waals surface area contributed by atoms with Gasteiger partial charge in [0.15, 0.2) is 0 Å². The summed E-state index contributed by atoms with van der Waals surface area (Å²) in [5.74, 6) is 0.749. The molecule has 1 atom stereocenters. The first-order chi connectivity index (χ1) is 16.5. The molecule has 0 aromatic heterocycles. The van der Waals surface area contributed by atoms with E-state index in [1.807, 2.05) is 24.3 Å². The molecule has 1 saturated carbocycles. The topological polar surface area (TPSA) is 84.7 Å². The first kappa shape index (κ1) is 24.2. The third-order valence-electron chi connectivity index (χ3n) is 7.47. The van der Waals surface area contributed by atoms with Crippen LogP contribution in [0.3, 0.4) is 0 Å². The van der Waals surface area contributed by atoms with Crippen molar-refractivity contribution < 1.29 is 14.5 Å². The maximum absolute atomic E-state index is 13.5. The molecule has 2 aromatic carbocycles. The first-order valence-corrected chi connectivity index (χ1v) is 12.5. The molecule has 2 aromatic rings. The summed E-state index contributed by atoms with van der Waals surface area (Å²) in [4.78, 5) is 26.6. The SMILES string of the molecule is C[C@H]1CCCCN1CCOc1ccc(NC(=O)C2(c3ccc([N+](=O)[O-])cc3)CCCCC2)cc1. The van der Waals surface area contributed by atoms with Crippen LogP contribution in [0.4, 0.5) is 11.4 Å². The maximum Gasteiger partial charge on any atom is 0.269 e. The highest BCUT2D eigenvalue weighted by molar-refractivity contribution is 5.99. The van der Waals surface area contributed by atoms with Crippen molar-refractivity contribution in [1.29, 1.82) is 0 Å². The van der Waals surface area contributed by atoms with Crippen molar-refractivity contribution in [1.82, 2.24) is 4.90 Å². The lowest BCUT2D eigenvalue weighted by molar-refractivity contribution is -0.384. The fourth-order valence-corrected chi connectivity index (χ4v) is 5.36. The Morgan fingerprint density at radius 3 is 2.41 bits per heavy atom. The fraction of sp³-hybridized carbons (Fsp3) is 0.519. The molecule has 1 aliphatic heterocycles. The smallest absolute Gasteiger partial charge is 0.269 e. The molecule has 0 spiro atoms. The number of nitro groups is 1. The van der Waals surface area contributed by atoms with Gasteiger partial charge in [-0.1, -0.05) is 37.8 Å². The van der Waals surface area contributed by atoms with Crippen molar-refractivity contribution in [3.8, 4) is 5.75 Å². The van der Waals surface area contributed by atoms with Crippen LogP contribution >= 0.6 is 0 Å². The van der Waals surface area contributed by atoms with Crippen LogP contribution in [0.15, 0.2) is 48.5 Å². The summed E-state index contributed by atoms with van der Waals surface area (Å²) in [6, 6.07) is 14.6. The Morgan fingerprint density at radius 2 is 1.76 bits per heavy atom. The summed E-state index contributed by atoms with van der Waals surface area (Å²) >= 11 is 0. The number of hydrogen-bond donors (Lipinski definition) is 1. The number of piperidine rings is 1. The second-order valence-electron chi connectivity index (χ2n) is 9.65. The molecule has 1 aliphatic carbocycles. The van der Waals surface area contributed by atoms with Crippen molar-refractivity contribution in [2.24, 2.45) is 0 Å². The molecular weight excluding hydrogens is 430 g/mol. The van der Waals surface area contributed by atoms with Gasteiger partial charge in [-0.15, -0.1) is 0 Å². The number of amides is 1. The number of nitro benzene ring substituents is 1. The third-order valence-corrected chi connectivity index (χ3v) is 7.47. The predicted molar refractivity (Wildman–Crippen MR) is 133 cm³/mol. The Hall–Kier alpha value is -2.93. The normalized spacial score (nSPS) is 20.4. The number of hydrogen-bond acceptors (Lipinski definition) is 5. The van der Waals surface area contributed by atoms with Crippen molar-refractivity contribution in [2.45, 2.75) is 69.7 Å². The zero-order valence-corrected chi connectivity index (χ0v) is 20.0. The van der Waals surface area contributed by atoms with Crippen LogP contribution in [-0.4, -0.2) is 41.5 Å². The second-order valence-corrected chi connectivity index (χ2v) is 9.65. The van der Waals surface area contributed by atoms with E-state index in [1.54, 1.807) is 12.1 Å². The molecule has 0 radical (unpaired) electrons. The van der Waals surface area contributed by atoms with Gasteiger partial charge < -0.3 is 10.1 Å². The molecule has 1 saturated heterocycles. The van der Waals surface area contributed by atoms with Crippen molar-refractivity contribution >= 4 is 17.3 Å². The molecule has 0 bridgehead atoms. The molecule has 182 valence electrons. The standard InChI is InChI=1S/C27H35N3O4/c1-21-7-3-6-18-29(21)19-20-34-25-14-10-23(11-15-25)28-26(31)27(16-4-2-5-17-27)22-8-12-24(13-9-22)30(32)33/h8-15,21H,2-7,16-20H2,1H3,(H,28,31)/t21-/m0/s1. The van der Waals surface area contributed by atoms with Crippen LogP contribution in [0.1, 0.15) is 63.9 Å². The maximum atomic E-state index is 13.5. The molecule has 7 nitrogen and oxygen atoms in total. The number of nitrogens with one attached hydrogen (secondary N) is 1. The van der Waals surface area contributed by atoms with Gasteiger partial charge in [-0.3, -0.25) is 19.8 Å². The number of carbonyl (C=O) groups excluding carboxylic acids is 1. The van der Waals surface area contributed by atoms with Gasteiger partial charge in [-0.25, -0.2) is 0 Å². The van der Waals surface area contributed by atoms with E-state index in [1.165, 1.54) is 31.4 Å². The van der Waals surface area contributed by atoms with Gasteiger partial charge in [-0.2, -0.15) is 0 Å². The second kappa shape index (κ2) is 11.0. The minimum absolute atomic E-state index is 0.0421. The monoisotopic (exact) mass is 465 g/mol. The summed E-state index contributed by atoms with van der Waals surface area (Å²) in [7, 11) is 0. The van der Waals surface area contributed by atoms with E-state index in [0.29, 0.717) is 12.6 Å².